The molecule has 1 aliphatic rings. The molecule has 0 amide bonds. The summed E-state index contributed by atoms with van der Waals surface area (Å²) < 4.78 is 5.71. The fraction of sp³-hybridized carbons (Fsp3) is 0.350. The Kier molecular flexibility index (Phi) is 3.76. The van der Waals surface area contributed by atoms with Gasteiger partial charge >= 0.3 is 0 Å². The maximum absolute atomic E-state index is 9.33. The first-order valence-electron chi connectivity index (χ1n) is 9.44. The summed E-state index contributed by atoms with van der Waals surface area (Å²) in [6, 6.07) is 4.31. The molecule has 4 aromatic rings. The Labute approximate surface area is 162 Å². The second-order valence-electron chi connectivity index (χ2n) is 7.46. The van der Waals surface area contributed by atoms with Crippen LogP contribution in [0, 0.1) is 11.3 Å². The van der Waals surface area contributed by atoms with Crippen molar-refractivity contribution in [1.82, 2.24) is 33.9 Å². The number of aryl methyl sites for hydroxylation is 1. The fourth-order valence-electron chi connectivity index (χ4n) is 4.19. The summed E-state index contributed by atoms with van der Waals surface area (Å²) >= 11 is 0. The van der Waals surface area contributed by atoms with Crippen LogP contribution in [0.3, 0.4) is 0 Å². The summed E-state index contributed by atoms with van der Waals surface area (Å²) in [4.78, 5) is 9.34. The lowest BCUT2D eigenvalue weighted by Crippen LogP contribution is -2.30. The first-order valence-corrected chi connectivity index (χ1v) is 9.44. The zero-order chi connectivity index (χ0) is 19.1. The number of imidazole rings is 1. The molecular weight excluding hydrogens is 352 g/mol. The van der Waals surface area contributed by atoms with Crippen LogP contribution in [0.4, 0.5) is 0 Å². The highest BCUT2D eigenvalue weighted by Gasteiger charge is 2.36. The van der Waals surface area contributed by atoms with E-state index in [4.69, 9.17) is 4.98 Å². The van der Waals surface area contributed by atoms with Crippen LogP contribution < -0.4 is 0 Å². The maximum Gasteiger partial charge on any atom is 0.149 e. The predicted octanol–water partition coefficient (Wildman–Crippen LogP) is 3.18. The molecule has 4 heterocycles. The molecule has 0 aliphatic heterocycles. The van der Waals surface area contributed by atoms with Crippen LogP contribution in [0.15, 0.2) is 43.2 Å². The summed E-state index contributed by atoms with van der Waals surface area (Å²) in [6.45, 7) is 0. The zero-order valence-electron chi connectivity index (χ0n) is 15.7. The van der Waals surface area contributed by atoms with Crippen molar-refractivity contribution >= 4 is 5.65 Å². The molecular formula is C20H20N8. The highest BCUT2D eigenvalue weighted by molar-refractivity contribution is 5.68. The molecule has 1 aliphatic carbocycles. The van der Waals surface area contributed by atoms with Crippen LogP contribution in [0.1, 0.15) is 32.1 Å². The highest BCUT2D eigenvalue weighted by atomic mass is 15.3. The Balaban J connectivity index is 1.63. The van der Waals surface area contributed by atoms with Crippen LogP contribution in [-0.4, -0.2) is 33.9 Å². The molecule has 0 spiro atoms. The third kappa shape index (κ3) is 2.59. The van der Waals surface area contributed by atoms with Gasteiger partial charge in [-0.3, -0.25) is 13.8 Å². The molecule has 0 unspecified atom stereocenters. The van der Waals surface area contributed by atoms with Gasteiger partial charge in [0.2, 0.25) is 0 Å². The van der Waals surface area contributed by atoms with Crippen molar-refractivity contribution in [3.8, 4) is 28.7 Å². The Morgan fingerprint density at radius 3 is 2.71 bits per heavy atom. The number of hydrogen-bond donors (Lipinski definition) is 0. The van der Waals surface area contributed by atoms with Crippen molar-refractivity contribution < 1.29 is 0 Å². The van der Waals surface area contributed by atoms with Gasteiger partial charge in [0, 0.05) is 43.5 Å². The summed E-state index contributed by atoms with van der Waals surface area (Å²) in [6.07, 6.45) is 16.0. The molecule has 0 N–H and O–H groups in total. The standard InChI is InChI=1S/C20H20N8/c1-26-13-15(11-23-26)17-10-18-22-8-9-27(18)19(25-17)16-12-24-28(14-16)20(6-7-21)4-2-3-5-20/h8-14H,2-6H2,1H3. The molecule has 0 bridgehead atoms. The van der Waals surface area contributed by atoms with Gasteiger partial charge in [0.25, 0.3) is 0 Å². The molecule has 0 saturated heterocycles. The van der Waals surface area contributed by atoms with Crippen molar-refractivity contribution in [2.45, 2.75) is 37.6 Å². The van der Waals surface area contributed by atoms with Gasteiger partial charge in [0.15, 0.2) is 0 Å². The van der Waals surface area contributed by atoms with Gasteiger partial charge in [-0.2, -0.15) is 15.5 Å². The molecule has 28 heavy (non-hydrogen) atoms. The minimum Gasteiger partial charge on any atom is -0.284 e. The lowest BCUT2D eigenvalue weighted by Gasteiger charge is -2.26. The van der Waals surface area contributed by atoms with Crippen LogP contribution in [0.2, 0.25) is 0 Å². The highest BCUT2D eigenvalue weighted by Crippen LogP contribution is 2.39. The van der Waals surface area contributed by atoms with E-state index in [0.717, 1.165) is 54.0 Å². The van der Waals surface area contributed by atoms with E-state index in [-0.39, 0.29) is 5.54 Å². The van der Waals surface area contributed by atoms with Gasteiger partial charge in [-0.1, -0.05) is 12.8 Å². The summed E-state index contributed by atoms with van der Waals surface area (Å²) in [5, 5.41) is 18.2. The zero-order valence-corrected chi connectivity index (χ0v) is 15.7. The van der Waals surface area contributed by atoms with E-state index in [2.05, 4.69) is 21.3 Å². The number of aromatic nitrogens is 7. The first-order chi connectivity index (χ1) is 13.7. The summed E-state index contributed by atoms with van der Waals surface area (Å²) in [7, 11) is 1.89. The van der Waals surface area contributed by atoms with Crippen molar-refractivity contribution in [2.24, 2.45) is 7.05 Å². The minimum atomic E-state index is -0.192. The first kappa shape index (κ1) is 16.7. The number of nitrogens with zero attached hydrogens (tertiary/aromatic N) is 8. The summed E-state index contributed by atoms with van der Waals surface area (Å²) in [5.41, 5.74) is 3.31. The average molecular weight is 372 g/mol. The average Bonchev–Trinajstić information content (AvgIpc) is 3.47. The molecule has 0 atom stereocenters. The molecule has 1 fully saturated rings. The normalized spacial score (nSPS) is 15.9. The van der Waals surface area contributed by atoms with Crippen molar-refractivity contribution in [3.05, 3.63) is 43.2 Å². The Morgan fingerprint density at radius 1 is 1.14 bits per heavy atom. The summed E-state index contributed by atoms with van der Waals surface area (Å²) in [5.74, 6) is 0.783. The second kappa shape index (κ2) is 6.30. The minimum absolute atomic E-state index is 0.192. The number of rotatable bonds is 4. The van der Waals surface area contributed by atoms with Crippen LogP contribution in [-0.2, 0) is 12.6 Å². The van der Waals surface area contributed by atoms with Gasteiger partial charge in [-0.25, -0.2) is 9.97 Å². The lowest BCUT2D eigenvalue weighted by molar-refractivity contribution is 0.269. The number of fused-ring (bicyclic) bond motifs is 1. The van der Waals surface area contributed by atoms with E-state index in [0.29, 0.717) is 6.42 Å². The smallest absolute Gasteiger partial charge is 0.149 e. The third-order valence-electron chi connectivity index (χ3n) is 5.66. The van der Waals surface area contributed by atoms with Crippen LogP contribution >= 0.6 is 0 Å². The van der Waals surface area contributed by atoms with Gasteiger partial charge in [0.1, 0.15) is 11.5 Å². The van der Waals surface area contributed by atoms with Gasteiger partial charge in [0.05, 0.1) is 41.7 Å². The monoisotopic (exact) mass is 372 g/mol. The largest absolute Gasteiger partial charge is 0.284 e. The molecule has 4 aromatic heterocycles. The maximum atomic E-state index is 9.33. The van der Waals surface area contributed by atoms with Crippen LogP contribution in [0.25, 0.3) is 28.3 Å². The van der Waals surface area contributed by atoms with E-state index < -0.39 is 0 Å². The van der Waals surface area contributed by atoms with Gasteiger partial charge in [-0.05, 0) is 12.8 Å². The van der Waals surface area contributed by atoms with E-state index in [9.17, 15) is 5.26 Å². The molecule has 0 aromatic carbocycles. The van der Waals surface area contributed by atoms with Crippen molar-refractivity contribution in [1.29, 1.82) is 5.26 Å². The topological polar surface area (TPSA) is 89.6 Å². The lowest BCUT2D eigenvalue weighted by atomic mass is 9.94. The van der Waals surface area contributed by atoms with E-state index in [1.807, 2.05) is 47.0 Å². The van der Waals surface area contributed by atoms with Crippen LogP contribution in [0.5, 0.6) is 0 Å². The van der Waals surface area contributed by atoms with Crippen molar-refractivity contribution in [2.75, 3.05) is 0 Å². The van der Waals surface area contributed by atoms with Crippen molar-refractivity contribution in [3.63, 3.8) is 0 Å². The number of nitriles is 1. The molecule has 8 nitrogen and oxygen atoms in total. The van der Waals surface area contributed by atoms with E-state index in [1.54, 1.807) is 17.1 Å². The quantitative estimate of drug-likeness (QED) is 0.549. The SMILES string of the molecule is Cn1cc(-c2cc3nccn3c(-c3cnn(C4(CC#N)CCCC4)c3)n2)cn1. The predicted molar refractivity (Wildman–Crippen MR) is 103 cm³/mol. The van der Waals surface area contributed by atoms with E-state index >= 15 is 0 Å². The second-order valence-corrected chi connectivity index (χ2v) is 7.46. The molecule has 1 saturated carbocycles. The van der Waals surface area contributed by atoms with Gasteiger partial charge < -0.3 is 0 Å². The Hall–Kier alpha value is -3.47. The molecule has 5 rings (SSSR count). The van der Waals surface area contributed by atoms with E-state index in [1.165, 1.54) is 0 Å². The molecule has 0 radical (unpaired) electrons. The third-order valence-corrected chi connectivity index (χ3v) is 5.66. The fourth-order valence-corrected chi connectivity index (χ4v) is 4.19. The molecule has 8 heteroatoms. The Morgan fingerprint density at radius 2 is 1.96 bits per heavy atom. The molecule has 140 valence electrons. The Bertz CT molecular complexity index is 1180. The number of hydrogen-bond acceptors (Lipinski definition) is 5. The van der Waals surface area contributed by atoms with Gasteiger partial charge in [-0.15, -0.1) is 0 Å².